The average Bonchev–Trinajstić information content (AvgIpc) is 3.15. The number of amides is 1. The summed E-state index contributed by atoms with van der Waals surface area (Å²) in [6, 6.07) is 16.1. The van der Waals surface area contributed by atoms with Crippen molar-refractivity contribution < 1.29 is 4.79 Å². The Hall–Kier alpha value is -2.31. The first-order chi connectivity index (χ1) is 14.5. The van der Waals surface area contributed by atoms with E-state index < -0.39 is 0 Å². The van der Waals surface area contributed by atoms with Crippen molar-refractivity contribution in [3.05, 3.63) is 70.5 Å². The molecule has 3 aromatic rings. The summed E-state index contributed by atoms with van der Waals surface area (Å²) in [5, 5.41) is 10.4. The third-order valence-corrected chi connectivity index (χ3v) is 6.20. The molecule has 3 rings (SSSR count). The van der Waals surface area contributed by atoms with Gasteiger partial charge in [0.1, 0.15) is 5.82 Å². The molecule has 0 aliphatic carbocycles. The van der Waals surface area contributed by atoms with E-state index in [1.807, 2.05) is 28.8 Å². The van der Waals surface area contributed by atoms with Crippen molar-refractivity contribution >= 4 is 29.3 Å². The van der Waals surface area contributed by atoms with Crippen LogP contribution in [0.5, 0.6) is 0 Å². The van der Waals surface area contributed by atoms with Gasteiger partial charge in [0.2, 0.25) is 5.91 Å². The quantitative estimate of drug-likeness (QED) is 0.410. The molecular formula is C23H27ClN4OS. The van der Waals surface area contributed by atoms with Crippen LogP contribution in [0.25, 0.3) is 5.69 Å². The van der Waals surface area contributed by atoms with E-state index in [-0.39, 0.29) is 18.2 Å². The van der Waals surface area contributed by atoms with Crippen molar-refractivity contribution in [3.8, 4) is 5.69 Å². The van der Waals surface area contributed by atoms with Crippen LogP contribution in [-0.4, -0.2) is 20.7 Å². The molecule has 0 bridgehead atoms. The third kappa shape index (κ3) is 5.86. The summed E-state index contributed by atoms with van der Waals surface area (Å²) in [6.45, 7) is 4.21. The van der Waals surface area contributed by atoms with E-state index in [1.165, 1.54) is 11.1 Å². The van der Waals surface area contributed by atoms with Crippen molar-refractivity contribution in [1.29, 1.82) is 0 Å². The van der Waals surface area contributed by atoms with Crippen LogP contribution in [0, 0.1) is 6.92 Å². The zero-order chi connectivity index (χ0) is 21.5. The highest BCUT2D eigenvalue weighted by atomic mass is 35.5. The van der Waals surface area contributed by atoms with Gasteiger partial charge in [-0.3, -0.25) is 9.36 Å². The van der Waals surface area contributed by atoms with E-state index in [9.17, 15) is 4.79 Å². The van der Waals surface area contributed by atoms with Crippen molar-refractivity contribution in [2.24, 2.45) is 5.73 Å². The Labute approximate surface area is 187 Å². The summed E-state index contributed by atoms with van der Waals surface area (Å²) in [4.78, 5) is 11.7. The minimum atomic E-state index is -0.324. The molecule has 1 atom stereocenters. The molecule has 0 radical (unpaired) electrons. The Morgan fingerprint density at radius 3 is 2.47 bits per heavy atom. The summed E-state index contributed by atoms with van der Waals surface area (Å²) in [6.07, 6.45) is 3.14. The molecule has 30 heavy (non-hydrogen) atoms. The monoisotopic (exact) mass is 442 g/mol. The fraction of sp³-hybridized carbons (Fsp3) is 0.348. The number of primary amides is 1. The predicted molar refractivity (Wildman–Crippen MR) is 123 cm³/mol. The van der Waals surface area contributed by atoms with Crippen LogP contribution in [0.4, 0.5) is 0 Å². The second kappa shape index (κ2) is 10.6. The second-order valence-corrected chi connectivity index (χ2v) is 8.82. The first-order valence-electron chi connectivity index (χ1n) is 10.2. The van der Waals surface area contributed by atoms with Gasteiger partial charge < -0.3 is 5.73 Å². The lowest BCUT2D eigenvalue weighted by Gasteiger charge is -2.17. The standard InChI is InChI=1S/C23H27ClN4OS/c1-3-4-5-18(14-21(25)29)22-26-27-23(28(22)20-12-10-19(24)11-13-20)30-15-17-8-6-16(2)7-9-17/h6-13,18H,3-5,14-15H2,1-2H3,(H2,25,29). The maximum absolute atomic E-state index is 11.7. The van der Waals surface area contributed by atoms with Crippen LogP contribution >= 0.6 is 23.4 Å². The largest absolute Gasteiger partial charge is 0.370 e. The van der Waals surface area contributed by atoms with Crippen molar-refractivity contribution in [1.82, 2.24) is 14.8 Å². The molecule has 1 heterocycles. The Kier molecular flexibility index (Phi) is 7.94. The Balaban J connectivity index is 1.96. The fourth-order valence-corrected chi connectivity index (χ4v) is 4.36. The van der Waals surface area contributed by atoms with E-state index in [0.29, 0.717) is 5.02 Å². The summed E-state index contributed by atoms with van der Waals surface area (Å²) in [5.74, 6) is 1.16. The minimum Gasteiger partial charge on any atom is -0.370 e. The van der Waals surface area contributed by atoms with E-state index in [0.717, 1.165) is 41.7 Å². The molecule has 0 saturated heterocycles. The molecule has 7 heteroatoms. The molecule has 5 nitrogen and oxygen atoms in total. The number of hydrogen-bond donors (Lipinski definition) is 1. The molecule has 0 aliphatic rings. The highest BCUT2D eigenvalue weighted by molar-refractivity contribution is 7.98. The molecule has 0 fully saturated rings. The van der Waals surface area contributed by atoms with E-state index in [2.05, 4.69) is 48.3 Å². The third-order valence-electron chi connectivity index (χ3n) is 4.95. The number of carbonyl (C=O) groups is 1. The number of nitrogens with zero attached hydrogens (tertiary/aromatic N) is 3. The van der Waals surface area contributed by atoms with Gasteiger partial charge in [0.25, 0.3) is 0 Å². The maximum atomic E-state index is 11.7. The van der Waals surface area contributed by atoms with Crippen LogP contribution in [0.3, 0.4) is 0 Å². The number of rotatable bonds is 10. The molecule has 1 aromatic heterocycles. The van der Waals surface area contributed by atoms with Gasteiger partial charge in [0.15, 0.2) is 5.16 Å². The van der Waals surface area contributed by atoms with Gasteiger partial charge in [-0.15, -0.1) is 10.2 Å². The molecule has 2 aromatic carbocycles. The second-order valence-electron chi connectivity index (χ2n) is 7.44. The van der Waals surface area contributed by atoms with Gasteiger partial charge in [0, 0.05) is 28.8 Å². The lowest BCUT2D eigenvalue weighted by molar-refractivity contribution is -0.118. The van der Waals surface area contributed by atoms with Crippen molar-refractivity contribution in [3.63, 3.8) is 0 Å². The smallest absolute Gasteiger partial charge is 0.218 e. The molecule has 0 saturated carbocycles. The molecular weight excluding hydrogens is 416 g/mol. The topological polar surface area (TPSA) is 73.8 Å². The van der Waals surface area contributed by atoms with Crippen LogP contribution in [0.2, 0.25) is 5.02 Å². The summed E-state index contributed by atoms with van der Waals surface area (Å²) in [5.41, 5.74) is 8.93. The normalized spacial score (nSPS) is 12.1. The van der Waals surface area contributed by atoms with Crippen molar-refractivity contribution in [2.75, 3.05) is 0 Å². The number of unbranched alkanes of at least 4 members (excludes halogenated alkanes) is 1. The Morgan fingerprint density at radius 2 is 1.83 bits per heavy atom. The van der Waals surface area contributed by atoms with Gasteiger partial charge >= 0.3 is 0 Å². The van der Waals surface area contributed by atoms with Gasteiger partial charge in [-0.05, 0) is 43.2 Å². The lowest BCUT2D eigenvalue weighted by atomic mass is 9.97. The van der Waals surface area contributed by atoms with Gasteiger partial charge in [-0.25, -0.2) is 0 Å². The number of hydrogen-bond acceptors (Lipinski definition) is 4. The summed E-state index contributed by atoms with van der Waals surface area (Å²) in [7, 11) is 0. The first kappa shape index (κ1) is 22.4. The number of nitrogens with two attached hydrogens (primary N) is 1. The Bertz CT molecular complexity index is 970. The molecule has 158 valence electrons. The first-order valence-corrected chi connectivity index (χ1v) is 11.5. The van der Waals surface area contributed by atoms with E-state index in [1.54, 1.807) is 11.8 Å². The zero-order valence-corrected chi connectivity index (χ0v) is 18.9. The number of aromatic nitrogens is 3. The van der Waals surface area contributed by atoms with Crippen LogP contribution in [0.15, 0.2) is 53.7 Å². The predicted octanol–water partition coefficient (Wildman–Crippen LogP) is 5.67. The number of halogens is 1. The lowest BCUT2D eigenvalue weighted by Crippen LogP contribution is -2.18. The van der Waals surface area contributed by atoms with Gasteiger partial charge in [0.05, 0.1) is 0 Å². The number of benzene rings is 2. The zero-order valence-electron chi connectivity index (χ0n) is 17.3. The van der Waals surface area contributed by atoms with E-state index in [4.69, 9.17) is 17.3 Å². The van der Waals surface area contributed by atoms with Gasteiger partial charge in [-0.2, -0.15) is 0 Å². The number of aryl methyl sites for hydroxylation is 1. The fourth-order valence-electron chi connectivity index (χ4n) is 3.32. The molecule has 0 aliphatic heterocycles. The molecule has 1 amide bonds. The van der Waals surface area contributed by atoms with Crippen LogP contribution < -0.4 is 5.73 Å². The van der Waals surface area contributed by atoms with Crippen molar-refractivity contribution in [2.45, 2.75) is 56.4 Å². The van der Waals surface area contributed by atoms with Crippen LogP contribution in [-0.2, 0) is 10.5 Å². The molecule has 2 N–H and O–H groups in total. The van der Waals surface area contributed by atoms with Gasteiger partial charge in [-0.1, -0.05) is 73.0 Å². The maximum Gasteiger partial charge on any atom is 0.218 e. The number of carbonyl (C=O) groups excluding carboxylic acids is 1. The molecule has 0 spiro atoms. The Morgan fingerprint density at radius 1 is 1.13 bits per heavy atom. The van der Waals surface area contributed by atoms with E-state index >= 15 is 0 Å². The number of thioether (sulfide) groups is 1. The SMILES string of the molecule is CCCCC(CC(N)=O)c1nnc(SCc2ccc(C)cc2)n1-c1ccc(Cl)cc1. The summed E-state index contributed by atoms with van der Waals surface area (Å²) < 4.78 is 2.04. The van der Waals surface area contributed by atoms with Crippen LogP contribution in [0.1, 0.15) is 55.5 Å². The highest BCUT2D eigenvalue weighted by Crippen LogP contribution is 2.32. The average molecular weight is 443 g/mol. The molecule has 1 unspecified atom stereocenters. The summed E-state index contributed by atoms with van der Waals surface area (Å²) >= 11 is 7.73. The highest BCUT2D eigenvalue weighted by Gasteiger charge is 2.24. The minimum absolute atomic E-state index is 0.0700.